The number of Topliss-reactive ketones (excluding diaryl/α,β-unsaturated/α-hetero) is 1. The summed E-state index contributed by atoms with van der Waals surface area (Å²) in [5.74, 6) is 0.681. The van der Waals surface area contributed by atoms with Crippen LogP contribution in [0.5, 0.6) is 0 Å². The summed E-state index contributed by atoms with van der Waals surface area (Å²) in [6, 6.07) is 0. The number of ketones is 1. The van der Waals surface area contributed by atoms with Gasteiger partial charge in [0.25, 0.3) is 0 Å². The van der Waals surface area contributed by atoms with Gasteiger partial charge in [0.05, 0.1) is 6.42 Å². The molecule has 1 aromatic heterocycles. The first-order valence-corrected chi connectivity index (χ1v) is 4.42. The van der Waals surface area contributed by atoms with Gasteiger partial charge in [-0.1, -0.05) is 0 Å². The second-order valence-electron chi connectivity index (χ2n) is 2.75. The van der Waals surface area contributed by atoms with Crippen LogP contribution < -0.4 is 0 Å². The summed E-state index contributed by atoms with van der Waals surface area (Å²) < 4.78 is 3.83. The zero-order valence-electron chi connectivity index (χ0n) is 5.99. The molecule has 0 aromatic carbocycles. The quantitative estimate of drug-likeness (QED) is 0.677. The van der Waals surface area contributed by atoms with Gasteiger partial charge < -0.3 is 0 Å². The van der Waals surface area contributed by atoms with Crippen LogP contribution in [0.4, 0.5) is 0 Å². The summed E-state index contributed by atoms with van der Waals surface area (Å²) in [4.78, 5) is 15.2. The molecule has 0 aliphatic heterocycles. The largest absolute Gasteiger partial charge is 0.299 e. The van der Waals surface area contributed by atoms with E-state index in [0.717, 1.165) is 17.8 Å². The zero-order chi connectivity index (χ0) is 7.68. The van der Waals surface area contributed by atoms with Crippen molar-refractivity contribution >= 4 is 17.3 Å². The fraction of sp³-hybridized carbons (Fsp3) is 0.571. The maximum atomic E-state index is 11.2. The number of hydrogen-bond donors (Lipinski definition) is 0. The molecular formula is C7H8N2OS. The van der Waals surface area contributed by atoms with Crippen LogP contribution in [0.2, 0.25) is 0 Å². The molecule has 1 saturated carbocycles. The summed E-state index contributed by atoms with van der Waals surface area (Å²) >= 11 is 1.31. The molecule has 3 nitrogen and oxygen atoms in total. The maximum Gasteiger partial charge on any atom is 0.142 e. The van der Waals surface area contributed by atoms with Gasteiger partial charge in [0, 0.05) is 5.92 Å². The first kappa shape index (κ1) is 6.91. The van der Waals surface area contributed by atoms with Gasteiger partial charge >= 0.3 is 0 Å². The average molecular weight is 168 g/mol. The molecular weight excluding hydrogens is 160 g/mol. The Hall–Kier alpha value is -0.770. The highest BCUT2D eigenvalue weighted by atomic mass is 32.1. The first-order valence-electron chi connectivity index (χ1n) is 3.64. The Morgan fingerprint density at radius 1 is 1.73 bits per heavy atom. The van der Waals surface area contributed by atoms with Crippen molar-refractivity contribution in [3.05, 3.63) is 11.3 Å². The summed E-state index contributed by atoms with van der Waals surface area (Å²) in [5, 5.41) is 0.849. The highest BCUT2D eigenvalue weighted by Crippen LogP contribution is 2.30. The number of carbonyl (C=O) groups excluding carboxylic acids is 1. The van der Waals surface area contributed by atoms with Gasteiger partial charge in [0.15, 0.2) is 0 Å². The van der Waals surface area contributed by atoms with Gasteiger partial charge in [-0.25, -0.2) is 4.98 Å². The third-order valence-electron chi connectivity index (χ3n) is 1.77. The minimum absolute atomic E-state index is 0.335. The second kappa shape index (κ2) is 2.70. The lowest BCUT2D eigenvalue weighted by molar-refractivity contribution is -0.119. The SMILES string of the molecule is O=C(Cc1ncns1)C1CC1. The highest BCUT2D eigenvalue weighted by Gasteiger charge is 2.29. The van der Waals surface area contributed by atoms with E-state index in [1.807, 2.05) is 0 Å². The number of aromatic nitrogens is 2. The van der Waals surface area contributed by atoms with Gasteiger partial charge in [-0.15, -0.1) is 0 Å². The number of nitrogens with zero attached hydrogens (tertiary/aromatic N) is 2. The molecule has 0 unspecified atom stereocenters. The number of carbonyl (C=O) groups is 1. The fourth-order valence-electron chi connectivity index (χ4n) is 0.973. The van der Waals surface area contributed by atoms with Crippen LogP contribution in [0.25, 0.3) is 0 Å². The standard InChI is InChI=1S/C7H8N2OS/c10-6(5-1-2-5)3-7-8-4-9-11-7/h4-5H,1-3H2. The van der Waals surface area contributed by atoms with Crippen molar-refractivity contribution in [3.8, 4) is 0 Å². The van der Waals surface area contributed by atoms with Crippen molar-refractivity contribution in [3.63, 3.8) is 0 Å². The van der Waals surface area contributed by atoms with E-state index in [1.54, 1.807) is 0 Å². The van der Waals surface area contributed by atoms with E-state index in [2.05, 4.69) is 9.36 Å². The molecule has 58 valence electrons. The molecule has 0 N–H and O–H groups in total. The lowest BCUT2D eigenvalue weighted by Crippen LogP contribution is -2.03. The lowest BCUT2D eigenvalue weighted by atomic mass is 10.2. The Morgan fingerprint density at radius 2 is 2.55 bits per heavy atom. The van der Waals surface area contributed by atoms with E-state index >= 15 is 0 Å². The van der Waals surface area contributed by atoms with Gasteiger partial charge in [0.2, 0.25) is 0 Å². The molecule has 0 radical (unpaired) electrons. The van der Waals surface area contributed by atoms with Crippen LogP contribution in [0, 0.1) is 5.92 Å². The topological polar surface area (TPSA) is 42.9 Å². The van der Waals surface area contributed by atoms with Crippen LogP contribution in [-0.4, -0.2) is 15.1 Å². The van der Waals surface area contributed by atoms with Gasteiger partial charge in [0.1, 0.15) is 17.1 Å². The molecule has 0 spiro atoms. The van der Waals surface area contributed by atoms with E-state index in [9.17, 15) is 4.79 Å². The molecule has 1 aromatic rings. The molecule has 1 aliphatic carbocycles. The summed E-state index contributed by atoms with van der Waals surface area (Å²) in [6.07, 6.45) is 4.16. The summed E-state index contributed by atoms with van der Waals surface area (Å²) in [6.45, 7) is 0. The smallest absolute Gasteiger partial charge is 0.142 e. The van der Waals surface area contributed by atoms with Gasteiger partial charge in [-0.3, -0.25) is 4.79 Å². The molecule has 1 aliphatic rings. The van der Waals surface area contributed by atoms with E-state index in [1.165, 1.54) is 17.9 Å². The van der Waals surface area contributed by atoms with E-state index in [0.29, 0.717) is 18.1 Å². The zero-order valence-corrected chi connectivity index (χ0v) is 6.80. The van der Waals surface area contributed by atoms with E-state index in [-0.39, 0.29) is 0 Å². The fourth-order valence-corrected chi connectivity index (χ4v) is 1.49. The molecule has 0 saturated heterocycles. The van der Waals surface area contributed by atoms with Crippen molar-refractivity contribution in [2.75, 3.05) is 0 Å². The molecule has 1 heterocycles. The minimum Gasteiger partial charge on any atom is -0.299 e. The molecule has 0 bridgehead atoms. The Morgan fingerprint density at radius 3 is 3.09 bits per heavy atom. The van der Waals surface area contributed by atoms with E-state index < -0.39 is 0 Å². The molecule has 0 atom stereocenters. The Bertz CT molecular complexity index is 253. The molecule has 4 heteroatoms. The first-order chi connectivity index (χ1) is 5.36. The van der Waals surface area contributed by atoms with Crippen LogP contribution in [0.3, 0.4) is 0 Å². The Balaban J connectivity index is 1.94. The number of rotatable bonds is 3. The minimum atomic E-state index is 0.335. The summed E-state index contributed by atoms with van der Waals surface area (Å²) in [7, 11) is 0. The maximum absolute atomic E-state index is 11.2. The third kappa shape index (κ3) is 1.63. The molecule has 2 rings (SSSR count). The van der Waals surface area contributed by atoms with Crippen molar-refractivity contribution in [1.82, 2.24) is 9.36 Å². The van der Waals surface area contributed by atoms with Crippen molar-refractivity contribution < 1.29 is 4.79 Å². The predicted octanol–water partition coefficient (Wildman–Crippen LogP) is 1.06. The molecule has 1 fully saturated rings. The van der Waals surface area contributed by atoms with Gasteiger partial charge in [-0.05, 0) is 24.4 Å². The van der Waals surface area contributed by atoms with Crippen molar-refractivity contribution in [1.29, 1.82) is 0 Å². The monoisotopic (exact) mass is 168 g/mol. The van der Waals surface area contributed by atoms with Crippen LogP contribution >= 0.6 is 11.5 Å². The van der Waals surface area contributed by atoms with E-state index in [4.69, 9.17) is 0 Å². The van der Waals surface area contributed by atoms with Crippen LogP contribution in [-0.2, 0) is 11.2 Å². The van der Waals surface area contributed by atoms with Crippen molar-refractivity contribution in [2.24, 2.45) is 5.92 Å². The average Bonchev–Trinajstić information content (AvgIpc) is 2.73. The highest BCUT2D eigenvalue weighted by molar-refractivity contribution is 7.05. The summed E-state index contributed by atoms with van der Waals surface area (Å²) in [5.41, 5.74) is 0. The van der Waals surface area contributed by atoms with Crippen LogP contribution in [0.15, 0.2) is 6.33 Å². The third-order valence-corrected chi connectivity index (χ3v) is 2.43. The van der Waals surface area contributed by atoms with Crippen molar-refractivity contribution in [2.45, 2.75) is 19.3 Å². The lowest BCUT2D eigenvalue weighted by Gasteiger charge is -1.90. The Kier molecular flexibility index (Phi) is 1.69. The Labute approximate surface area is 68.6 Å². The second-order valence-corrected chi connectivity index (χ2v) is 3.62. The van der Waals surface area contributed by atoms with Gasteiger partial charge in [-0.2, -0.15) is 4.37 Å². The molecule has 11 heavy (non-hydrogen) atoms. The molecule has 0 amide bonds. The van der Waals surface area contributed by atoms with Crippen LogP contribution in [0.1, 0.15) is 17.8 Å². The number of hydrogen-bond acceptors (Lipinski definition) is 4. The predicted molar refractivity (Wildman–Crippen MR) is 41.3 cm³/mol. The normalized spacial score (nSPS) is 16.7.